The first-order valence-electron chi connectivity index (χ1n) is 9.05. The number of aryl methyl sites for hydroxylation is 2. The summed E-state index contributed by atoms with van der Waals surface area (Å²) in [6.07, 6.45) is 6.18. The van der Waals surface area contributed by atoms with Crippen molar-refractivity contribution in [1.82, 2.24) is 20.0 Å². The van der Waals surface area contributed by atoms with Gasteiger partial charge in [0.25, 0.3) is 0 Å². The molecule has 0 saturated carbocycles. The number of nitrogens with one attached hydrogen (secondary N) is 1. The van der Waals surface area contributed by atoms with E-state index in [1.807, 2.05) is 36.6 Å². The average Bonchev–Trinajstić information content (AvgIpc) is 2.89. The summed E-state index contributed by atoms with van der Waals surface area (Å²) in [5.41, 5.74) is 2.47. The largest absolute Gasteiger partial charge is 0.376 e. The molecule has 2 heterocycles. The molecular weight excluding hydrogens is 332 g/mol. The second kappa shape index (κ2) is 8.49. The van der Waals surface area contributed by atoms with Crippen molar-refractivity contribution in [2.45, 2.75) is 45.1 Å². The minimum absolute atomic E-state index is 0.00713. The number of methoxy groups -OCH3 is 1. The average molecular weight is 362 g/mol. The van der Waals surface area contributed by atoms with Crippen LogP contribution in [-0.4, -0.2) is 59.3 Å². The number of nitrogens with zero attached hydrogens (tertiary/aromatic N) is 3. The number of hydrogen-bond acceptors (Lipinski definition) is 4. The molecule has 1 aliphatic heterocycles. The Labute approximate surface area is 155 Å². The van der Waals surface area contributed by atoms with Gasteiger partial charge in [-0.1, -0.05) is 0 Å². The molecule has 26 heavy (non-hydrogen) atoms. The minimum atomic E-state index is -0.450. The van der Waals surface area contributed by atoms with Gasteiger partial charge in [0.1, 0.15) is 0 Å². The van der Waals surface area contributed by atoms with Crippen molar-refractivity contribution in [3.05, 3.63) is 23.0 Å². The third kappa shape index (κ3) is 4.52. The van der Waals surface area contributed by atoms with Crippen LogP contribution in [0, 0.1) is 13.8 Å². The van der Waals surface area contributed by atoms with Gasteiger partial charge in [0, 0.05) is 58.0 Å². The Kier molecular flexibility index (Phi) is 6.58. The second-order valence-corrected chi connectivity index (χ2v) is 6.97. The molecule has 1 saturated heterocycles. The first-order chi connectivity index (χ1) is 12.3. The van der Waals surface area contributed by atoms with Crippen LogP contribution in [0.15, 0.2) is 6.08 Å². The summed E-state index contributed by atoms with van der Waals surface area (Å²) in [5.74, 6) is -0.0407. The normalized spacial score (nSPS) is 20.6. The second-order valence-electron chi connectivity index (χ2n) is 6.97. The molecule has 1 N–H and O–H groups in total. The van der Waals surface area contributed by atoms with E-state index in [1.54, 1.807) is 20.2 Å². The molecule has 7 heteroatoms. The molecule has 1 aromatic rings. The smallest absolute Gasteiger partial charge is 0.246 e. The molecule has 0 aliphatic carbocycles. The van der Waals surface area contributed by atoms with Crippen molar-refractivity contribution in [1.29, 1.82) is 0 Å². The predicted octanol–water partition coefficient (Wildman–Crippen LogP) is 1.58. The molecule has 0 bridgehead atoms. The van der Waals surface area contributed by atoms with Crippen molar-refractivity contribution >= 4 is 17.9 Å². The van der Waals surface area contributed by atoms with E-state index < -0.39 is 5.60 Å². The summed E-state index contributed by atoms with van der Waals surface area (Å²) in [5, 5.41) is 7.01. The number of carbonyl (C=O) groups is 2. The number of ether oxygens (including phenoxy) is 1. The molecule has 1 aliphatic rings. The van der Waals surface area contributed by atoms with Crippen LogP contribution in [-0.2, 0) is 21.4 Å². The third-order valence-electron chi connectivity index (χ3n) is 5.33. The Morgan fingerprint density at radius 3 is 2.69 bits per heavy atom. The van der Waals surface area contributed by atoms with Crippen LogP contribution < -0.4 is 5.32 Å². The van der Waals surface area contributed by atoms with Crippen LogP contribution in [0.5, 0.6) is 0 Å². The molecule has 2 amide bonds. The molecule has 2 rings (SSSR count). The highest BCUT2D eigenvalue weighted by molar-refractivity contribution is 5.92. The first-order valence-corrected chi connectivity index (χ1v) is 9.05. The highest BCUT2D eigenvalue weighted by atomic mass is 16.5. The van der Waals surface area contributed by atoms with E-state index in [0.29, 0.717) is 25.9 Å². The molecule has 0 spiro atoms. The Hall–Kier alpha value is -2.15. The number of hydrogen-bond donors (Lipinski definition) is 1. The summed E-state index contributed by atoms with van der Waals surface area (Å²) in [6, 6.07) is 0. The van der Waals surface area contributed by atoms with Gasteiger partial charge in [0.2, 0.25) is 11.8 Å². The van der Waals surface area contributed by atoms with Gasteiger partial charge < -0.3 is 15.0 Å². The fourth-order valence-electron chi connectivity index (χ4n) is 3.52. The number of rotatable bonds is 6. The number of amides is 2. The van der Waals surface area contributed by atoms with Crippen molar-refractivity contribution in [3.63, 3.8) is 0 Å². The zero-order valence-corrected chi connectivity index (χ0v) is 16.5. The fraction of sp³-hybridized carbons (Fsp3) is 0.632. The molecule has 1 atom stereocenters. The summed E-state index contributed by atoms with van der Waals surface area (Å²) in [6.45, 7) is 5.14. The topological polar surface area (TPSA) is 76.5 Å². The Balaban J connectivity index is 2.06. The SMILES string of the molecule is CNC(=O)CC[C@]1(OC)CCCN(C(=O)/C=C/c2c(C)nn(C)c2C)C1. The van der Waals surface area contributed by atoms with Crippen molar-refractivity contribution in [2.24, 2.45) is 7.05 Å². The lowest BCUT2D eigenvalue weighted by Crippen LogP contribution is -2.51. The number of aromatic nitrogens is 2. The van der Waals surface area contributed by atoms with Gasteiger partial charge in [-0.05, 0) is 39.2 Å². The maximum atomic E-state index is 12.7. The summed E-state index contributed by atoms with van der Waals surface area (Å²) in [4.78, 5) is 26.1. The lowest BCUT2D eigenvalue weighted by Gasteiger charge is -2.41. The van der Waals surface area contributed by atoms with Crippen LogP contribution in [0.25, 0.3) is 6.08 Å². The maximum absolute atomic E-state index is 12.7. The van der Waals surface area contributed by atoms with Gasteiger partial charge in [0.15, 0.2) is 0 Å². The minimum Gasteiger partial charge on any atom is -0.376 e. The summed E-state index contributed by atoms with van der Waals surface area (Å²) < 4.78 is 7.56. The van der Waals surface area contributed by atoms with E-state index in [0.717, 1.165) is 29.8 Å². The van der Waals surface area contributed by atoms with Crippen molar-refractivity contribution < 1.29 is 14.3 Å². The van der Waals surface area contributed by atoms with Gasteiger partial charge in [-0.3, -0.25) is 14.3 Å². The Morgan fingerprint density at radius 2 is 2.12 bits per heavy atom. The lowest BCUT2D eigenvalue weighted by molar-refractivity contribution is -0.136. The molecule has 1 fully saturated rings. The van der Waals surface area contributed by atoms with Gasteiger partial charge >= 0.3 is 0 Å². The van der Waals surface area contributed by atoms with E-state index in [9.17, 15) is 9.59 Å². The van der Waals surface area contributed by atoms with E-state index in [1.165, 1.54) is 0 Å². The number of piperidine rings is 1. The van der Waals surface area contributed by atoms with Crippen LogP contribution in [0.4, 0.5) is 0 Å². The van der Waals surface area contributed by atoms with E-state index in [-0.39, 0.29) is 11.8 Å². The molecule has 0 radical (unpaired) electrons. The quantitative estimate of drug-likeness (QED) is 0.780. The zero-order valence-electron chi connectivity index (χ0n) is 16.5. The molecule has 0 aromatic carbocycles. The molecular formula is C19H30N4O3. The molecule has 144 valence electrons. The van der Waals surface area contributed by atoms with E-state index >= 15 is 0 Å². The standard InChI is InChI=1S/C19H30N4O3/c1-14-16(15(2)22(4)21-14)7-8-18(25)23-12-6-10-19(13-23,26-5)11-9-17(24)20-3/h7-8H,6,9-13H2,1-5H3,(H,20,24)/b8-7+/t19-/m1/s1. The van der Waals surface area contributed by atoms with E-state index in [2.05, 4.69) is 10.4 Å². The van der Waals surface area contributed by atoms with Crippen LogP contribution >= 0.6 is 0 Å². The van der Waals surface area contributed by atoms with Crippen LogP contribution in [0.2, 0.25) is 0 Å². The van der Waals surface area contributed by atoms with Gasteiger partial charge in [-0.15, -0.1) is 0 Å². The highest BCUT2D eigenvalue weighted by Gasteiger charge is 2.37. The predicted molar refractivity (Wildman–Crippen MR) is 101 cm³/mol. The fourth-order valence-corrected chi connectivity index (χ4v) is 3.52. The third-order valence-corrected chi connectivity index (χ3v) is 5.33. The number of likely N-dealkylation sites (tertiary alicyclic amines) is 1. The monoisotopic (exact) mass is 362 g/mol. The van der Waals surface area contributed by atoms with Gasteiger partial charge in [-0.25, -0.2) is 0 Å². The highest BCUT2D eigenvalue weighted by Crippen LogP contribution is 2.29. The Bertz CT molecular complexity index is 695. The first kappa shape index (κ1) is 20.2. The van der Waals surface area contributed by atoms with Gasteiger partial charge in [0.05, 0.1) is 11.3 Å². The van der Waals surface area contributed by atoms with Gasteiger partial charge in [-0.2, -0.15) is 5.10 Å². The maximum Gasteiger partial charge on any atom is 0.246 e. The van der Waals surface area contributed by atoms with Crippen LogP contribution in [0.3, 0.4) is 0 Å². The Morgan fingerprint density at radius 1 is 1.38 bits per heavy atom. The van der Waals surface area contributed by atoms with E-state index in [4.69, 9.17) is 4.74 Å². The van der Waals surface area contributed by atoms with Crippen molar-refractivity contribution in [2.75, 3.05) is 27.2 Å². The molecule has 0 unspecified atom stereocenters. The number of carbonyl (C=O) groups excluding carboxylic acids is 2. The molecule has 1 aromatic heterocycles. The van der Waals surface area contributed by atoms with Crippen molar-refractivity contribution in [3.8, 4) is 0 Å². The lowest BCUT2D eigenvalue weighted by atomic mass is 9.87. The summed E-state index contributed by atoms with van der Waals surface area (Å²) in [7, 11) is 5.19. The zero-order chi connectivity index (χ0) is 19.3. The van der Waals surface area contributed by atoms with Crippen LogP contribution in [0.1, 0.15) is 42.6 Å². The summed E-state index contributed by atoms with van der Waals surface area (Å²) >= 11 is 0. The molecule has 7 nitrogen and oxygen atoms in total.